The van der Waals surface area contributed by atoms with Gasteiger partial charge in [-0.2, -0.15) is 5.10 Å². The third-order valence-electron chi connectivity index (χ3n) is 2.57. The summed E-state index contributed by atoms with van der Waals surface area (Å²) in [5.74, 6) is 1.58. The summed E-state index contributed by atoms with van der Waals surface area (Å²) in [6, 6.07) is 0. The first-order valence-electron chi connectivity index (χ1n) is 5.08. The fourth-order valence-electron chi connectivity index (χ4n) is 1.54. The summed E-state index contributed by atoms with van der Waals surface area (Å²) in [4.78, 5) is 11.1. The summed E-state index contributed by atoms with van der Waals surface area (Å²) in [5.41, 5.74) is 0. The third kappa shape index (κ3) is 2.26. The largest absolute Gasteiger partial charge is 0.359 e. The lowest BCUT2D eigenvalue weighted by Crippen LogP contribution is -2.20. The molecule has 1 fully saturated rings. The average molecular weight is 226 g/mol. The van der Waals surface area contributed by atoms with Gasteiger partial charge < -0.3 is 9.88 Å². The van der Waals surface area contributed by atoms with E-state index >= 15 is 0 Å². The highest BCUT2D eigenvalue weighted by atomic mass is 32.1. The van der Waals surface area contributed by atoms with Crippen molar-refractivity contribution < 1.29 is 4.79 Å². The Kier molecular flexibility index (Phi) is 2.86. The van der Waals surface area contributed by atoms with E-state index in [1.54, 1.807) is 7.05 Å². The van der Waals surface area contributed by atoms with Crippen LogP contribution in [0.25, 0.3) is 0 Å². The summed E-state index contributed by atoms with van der Waals surface area (Å²) in [7, 11) is 1.64. The number of amides is 1. The molecule has 2 rings (SSSR count). The van der Waals surface area contributed by atoms with Gasteiger partial charge in [0.15, 0.2) is 4.77 Å². The molecule has 0 atom stereocenters. The number of hydrogen-bond donors (Lipinski definition) is 2. The number of carbonyl (C=O) groups is 1. The SMILES string of the molecule is CNC(=O)CCn1c(C2CC2)n[nH]c1=S. The minimum Gasteiger partial charge on any atom is -0.359 e. The molecule has 0 bridgehead atoms. The predicted molar refractivity (Wildman–Crippen MR) is 58.1 cm³/mol. The van der Waals surface area contributed by atoms with Crippen LogP contribution < -0.4 is 5.32 Å². The van der Waals surface area contributed by atoms with Crippen molar-refractivity contribution in [1.29, 1.82) is 0 Å². The first-order chi connectivity index (χ1) is 7.22. The van der Waals surface area contributed by atoms with Crippen molar-refractivity contribution >= 4 is 18.1 Å². The van der Waals surface area contributed by atoms with Gasteiger partial charge in [-0.05, 0) is 25.1 Å². The van der Waals surface area contributed by atoms with Crippen LogP contribution in [0.3, 0.4) is 0 Å². The van der Waals surface area contributed by atoms with Crippen LogP contribution in [0.1, 0.15) is 31.0 Å². The Balaban J connectivity index is 2.09. The van der Waals surface area contributed by atoms with Crippen LogP contribution in [0.4, 0.5) is 0 Å². The minimum atomic E-state index is 0.0276. The van der Waals surface area contributed by atoms with Gasteiger partial charge >= 0.3 is 0 Å². The molecule has 82 valence electrons. The average Bonchev–Trinajstić information content (AvgIpc) is 3.01. The summed E-state index contributed by atoms with van der Waals surface area (Å²) >= 11 is 5.12. The maximum absolute atomic E-state index is 11.1. The molecule has 0 radical (unpaired) electrons. The third-order valence-corrected chi connectivity index (χ3v) is 2.88. The smallest absolute Gasteiger partial charge is 0.221 e. The van der Waals surface area contributed by atoms with Crippen molar-refractivity contribution in [3.63, 3.8) is 0 Å². The number of H-pyrrole nitrogens is 1. The van der Waals surface area contributed by atoms with Crippen molar-refractivity contribution in [3.8, 4) is 0 Å². The van der Waals surface area contributed by atoms with Gasteiger partial charge in [-0.25, -0.2) is 0 Å². The van der Waals surface area contributed by atoms with Gasteiger partial charge in [-0.3, -0.25) is 9.89 Å². The fourth-order valence-corrected chi connectivity index (χ4v) is 1.77. The standard InChI is InChI=1S/C9H14N4OS/c1-10-7(14)4-5-13-8(6-2-3-6)11-12-9(13)15/h6H,2-5H2,1H3,(H,10,14)(H,12,15). The molecule has 1 aromatic heterocycles. The van der Waals surface area contributed by atoms with E-state index in [-0.39, 0.29) is 5.91 Å². The molecule has 0 aromatic carbocycles. The van der Waals surface area contributed by atoms with Crippen molar-refractivity contribution in [1.82, 2.24) is 20.1 Å². The highest BCUT2D eigenvalue weighted by Gasteiger charge is 2.28. The lowest BCUT2D eigenvalue weighted by molar-refractivity contribution is -0.120. The van der Waals surface area contributed by atoms with Gasteiger partial charge in [0, 0.05) is 25.9 Å². The molecule has 1 saturated carbocycles. The summed E-state index contributed by atoms with van der Waals surface area (Å²) < 4.78 is 2.54. The van der Waals surface area contributed by atoms with Gasteiger partial charge in [0.05, 0.1) is 0 Å². The molecule has 0 spiro atoms. The second-order valence-corrected chi connectivity index (χ2v) is 4.12. The molecule has 0 saturated heterocycles. The number of carbonyl (C=O) groups excluding carboxylic acids is 1. The number of rotatable bonds is 4. The number of nitrogens with zero attached hydrogens (tertiary/aromatic N) is 2. The predicted octanol–water partition coefficient (Wildman–Crippen LogP) is 0.954. The summed E-state index contributed by atoms with van der Waals surface area (Å²) in [6.07, 6.45) is 2.81. The van der Waals surface area contributed by atoms with E-state index in [0.717, 1.165) is 5.82 Å². The van der Waals surface area contributed by atoms with Crippen LogP contribution in [-0.2, 0) is 11.3 Å². The molecule has 5 nitrogen and oxygen atoms in total. The number of aromatic amines is 1. The van der Waals surface area contributed by atoms with E-state index < -0.39 is 0 Å². The molecule has 1 amide bonds. The number of hydrogen-bond acceptors (Lipinski definition) is 3. The van der Waals surface area contributed by atoms with Gasteiger partial charge in [0.2, 0.25) is 5.91 Å². The Morgan fingerprint density at radius 1 is 1.73 bits per heavy atom. The van der Waals surface area contributed by atoms with Crippen molar-refractivity contribution in [2.75, 3.05) is 7.05 Å². The zero-order chi connectivity index (χ0) is 10.8. The van der Waals surface area contributed by atoms with E-state index in [9.17, 15) is 4.79 Å². The molecular formula is C9H14N4OS. The second kappa shape index (κ2) is 4.14. The molecule has 6 heteroatoms. The molecule has 0 aliphatic heterocycles. The summed E-state index contributed by atoms with van der Waals surface area (Å²) in [5, 5.41) is 9.57. The topological polar surface area (TPSA) is 62.7 Å². The van der Waals surface area contributed by atoms with Crippen LogP contribution in [0, 0.1) is 4.77 Å². The second-order valence-electron chi connectivity index (χ2n) is 3.74. The van der Waals surface area contributed by atoms with Crippen molar-refractivity contribution in [2.45, 2.75) is 31.7 Å². The van der Waals surface area contributed by atoms with E-state index in [0.29, 0.717) is 23.7 Å². The first-order valence-corrected chi connectivity index (χ1v) is 5.49. The summed E-state index contributed by atoms with van der Waals surface area (Å²) in [6.45, 7) is 0.612. The van der Waals surface area contributed by atoms with E-state index in [2.05, 4.69) is 15.5 Å². The highest BCUT2D eigenvalue weighted by Crippen LogP contribution is 2.38. The van der Waals surface area contributed by atoms with Crippen LogP contribution in [0.2, 0.25) is 0 Å². The van der Waals surface area contributed by atoms with Crippen LogP contribution >= 0.6 is 12.2 Å². The lowest BCUT2D eigenvalue weighted by Gasteiger charge is -2.04. The zero-order valence-electron chi connectivity index (χ0n) is 8.62. The lowest BCUT2D eigenvalue weighted by atomic mass is 10.3. The quantitative estimate of drug-likeness (QED) is 0.751. The molecule has 15 heavy (non-hydrogen) atoms. The molecule has 1 aromatic rings. The van der Waals surface area contributed by atoms with E-state index in [4.69, 9.17) is 12.2 Å². The zero-order valence-corrected chi connectivity index (χ0v) is 9.43. The fraction of sp³-hybridized carbons (Fsp3) is 0.667. The van der Waals surface area contributed by atoms with Crippen LogP contribution in [0.15, 0.2) is 0 Å². The van der Waals surface area contributed by atoms with E-state index in [1.807, 2.05) is 4.57 Å². The van der Waals surface area contributed by atoms with Crippen molar-refractivity contribution in [2.24, 2.45) is 0 Å². The Morgan fingerprint density at radius 2 is 2.47 bits per heavy atom. The van der Waals surface area contributed by atoms with Gasteiger partial charge in [-0.1, -0.05) is 0 Å². The molecule has 0 unspecified atom stereocenters. The molecular weight excluding hydrogens is 212 g/mol. The van der Waals surface area contributed by atoms with Gasteiger partial charge in [-0.15, -0.1) is 0 Å². The molecule has 2 N–H and O–H groups in total. The Morgan fingerprint density at radius 3 is 3.07 bits per heavy atom. The highest BCUT2D eigenvalue weighted by molar-refractivity contribution is 7.71. The minimum absolute atomic E-state index is 0.0276. The van der Waals surface area contributed by atoms with Crippen LogP contribution in [-0.4, -0.2) is 27.7 Å². The first kappa shape index (κ1) is 10.4. The monoisotopic (exact) mass is 226 g/mol. The Hall–Kier alpha value is -1.17. The normalized spacial score (nSPS) is 15.3. The van der Waals surface area contributed by atoms with Gasteiger partial charge in [0.1, 0.15) is 5.82 Å². The van der Waals surface area contributed by atoms with Gasteiger partial charge in [0.25, 0.3) is 0 Å². The molecule has 1 heterocycles. The maximum atomic E-state index is 11.1. The Bertz CT molecular complexity index is 418. The molecule has 1 aliphatic carbocycles. The van der Waals surface area contributed by atoms with Crippen LogP contribution in [0.5, 0.6) is 0 Å². The number of nitrogens with one attached hydrogen (secondary N) is 2. The maximum Gasteiger partial charge on any atom is 0.221 e. The Labute approximate surface area is 92.9 Å². The molecule has 1 aliphatic rings. The number of aromatic nitrogens is 3. The van der Waals surface area contributed by atoms with E-state index in [1.165, 1.54) is 12.8 Å². The van der Waals surface area contributed by atoms with Crippen molar-refractivity contribution in [3.05, 3.63) is 10.6 Å².